The maximum absolute atomic E-state index is 11.9. The van der Waals surface area contributed by atoms with Crippen LogP contribution in [0.15, 0.2) is 0 Å². The molecule has 1 aliphatic rings. The van der Waals surface area contributed by atoms with Crippen molar-refractivity contribution in [2.75, 3.05) is 18.8 Å². The lowest BCUT2D eigenvalue weighted by molar-refractivity contribution is -0.134. The third-order valence-corrected chi connectivity index (χ3v) is 5.03. The first-order chi connectivity index (χ1) is 7.71. The molecule has 0 saturated carbocycles. The predicted molar refractivity (Wildman–Crippen MR) is 59.5 cm³/mol. The molecule has 0 N–H and O–H groups in total. The third kappa shape index (κ3) is 5.44. The van der Waals surface area contributed by atoms with E-state index in [1.54, 1.807) is 0 Å². The van der Waals surface area contributed by atoms with Crippen molar-refractivity contribution >= 4 is 21.6 Å². The fourth-order valence-corrected chi connectivity index (χ4v) is 3.42. The molecule has 1 saturated heterocycles. The van der Waals surface area contributed by atoms with Gasteiger partial charge in [-0.15, -0.1) is 11.6 Å². The van der Waals surface area contributed by atoms with Crippen LogP contribution in [0.3, 0.4) is 0 Å². The SMILES string of the molecule is O=S(=O)(CCCC(F)(F)F)N1CCC(Cl)CC1. The van der Waals surface area contributed by atoms with Gasteiger partial charge in [-0.25, -0.2) is 12.7 Å². The Morgan fingerprint density at radius 1 is 1.24 bits per heavy atom. The van der Waals surface area contributed by atoms with Gasteiger partial charge in [-0.2, -0.15) is 13.2 Å². The van der Waals surface area contributed by atoms with Crippen LogP contribution in [0.5, 0.6) is 0 Å². The second-order valence-electron chi connectivity index (χ2n) is 4.11. The molecule has 3 nitrogen and oxygen atoms in total. The molecule has 1 heterocycles. The van der Waals surface area contributed by atoms with Crippen LogP contribution < -0.4 is 0 Å². The Labute approximate surface area is 104 Å². The van der Waals surface area contributed by atoms with Crippen LogP contribution in [-0.4, -0.2) is 43.1 Å². The normalized spacial score (nSPS) is 20.7. The highest BCUT2D eigenvalue weighted by atomic mass is 35.5. The van der Waals surface area contributed by atoms with Crippen LogP contribution in [0.4, 0.5) is 13.2 Å². The quantitative estimate of drug-likeness (QED) is 0.746. The van der Waals surface area contributed by atoms with Crippen molar-refractivity contribution in [3.63, 3.8) is 0 Å². The summed E-state index contributed by atoms with van der Waals surface area (Å²) in [6.07, 6.45) is -4.62. The number of hydrogen-bond donors (Lipinski definition) is 0. The monoisotopic (exact) mass is 293 g/mol. The maximum atomic E-state index is 11.9. The molecule has 0 atom stereocenters. The van der Waals surface area contributed by atoms with E-state index in [0.29, 0.717) is 25.9 Å². The smallest absolute Gasteiger partial charge is 0.212 e. The first-order valence-electron chi connectivity index (χ1n) is 5.39. The lowest BCUT2D eigenvalue weighted by Crippen LogP contribution is -2.40. The molecule has 0 radical (unpaired) electrons. The number of rotatable bonds is 4. The van der Waals surface area contributed by atoms with Crippen molar-refractivity contribution in [1.82, 2.24) is 4.31 Å². The average molecular weight is 294 g/mol. The summed E-state index contributed by atoms with van der Waals surface area (Å²) in [5.41, 5.74) is 0. The van der Waals surface area contributed by atoms with Gasteiger partial charge in [0.2, 0.25) is 10.0 Å². The molecular weight excluding hydrogens is 279 g/mol. The van der Waals surface area contributed by atoms with E-state index in [9.17, 15) is 21.6 Å². The minimum atomic E-state index is -4.29. The summed E-state index contributed by atoms with van der Waals surface area (Å²) in [5, 5.41) is -0.0309. The molecule has 1 fully saturated rings. The van der Waals surface area contributed by atoms with Crippen LogP contribution in [0, 0.1) is 0 Å². The van der Waals surface area contributed by atoms with Crippen molar-refractivity contribution in [3.8, 4) is 0 Å². The Balaban J connectivity index is 2.41. The topological polar surface area (TPSA) is 37.4 Å². The largest absolute Gasteiger partial charge is 0.389 e. The number of halogens is 4. The highest BCUT2D eigenvalue weighted by molar-refractivity contribution is 7.89. The third-order valence-electron chi connectivity index (χ3n) is 2.64. The van der Waals surface area contributed by atoms with Gasteiger partial charge in [0.1, 0.15) is 0 Å². The molecule has 1 aliphatic heterocycles. The summed E-state index contributed by atoms with van der Waals surface area (Å²) >= 11 is 5.83. The number of sulfonamides is 1. The zero-order valence-corrected chi connectivity index (χ0v) is 10.8. The van der Waals surface area contributed by atoms with Crippen molar-refractivity contribution in [2.45, 2.75) is 37.2 Å². The molecule has 0 spiro atoms. The van der Waals surface area contributed by atoms with E-state index in [1.807, 2.05) is 0 Å². The lowest BCUT2D eigenvalue weighted by Gasteiger charge is -2.28. The Kier molecular flexibility index (Phi) is 5.09. The first kappa shape index (κ1) is 15.0. The minimum Gasteiger partial charge on any atom is -0.212 e. The van der Waals surface area contributed by atoms with Gasteiger partial charge >= 0.3 is 6.18 Å². The van der Waals surface area contributed by atoms with E-state index in [2.05, 4.69) is 0 Å². The van der Waals surface area contributed by atoms with Gasteiger partial charge in [-0.3, -0.25) is 0 Å². The predicted octanol–water partition coefficient (Wildman–Crippen LogP) is 2.36. The van der Waals surface area contributed by atoms with Crippen LogP contribution in [0.2, 0.25) is 0 Å². The van der Waals surface area contributed by atoms with Gasteiger partial charge < -0.3 is 0 Å². The molecule has 0 amide bonds. The van der Waals surface area contributed by atoms with Crippen LogP contribution in [-0.2, 0) is 10.0 Å². The number of piperidine rings is 1. The lowest BCUT2D eigenvalue weighted by atomic mass is 10.2. The van der Waals surface area contributed by atoms with E-state index in [-0.39, 0.29) is 11.8 Å². The van der Waals surface area contributed by atoms with Gasteiger partial charge in [0, 0.05) is 24.9 Å². The number of nitrogens with zero attached hydrogens (tertiary/aromatic N) is 1. The van der Waals surface area contributed by atoms with Gasteiger partial charge in [0.15, 0.2) is 0 Å². The van der Waals surface area contributed by atoms with E-state index in [0.717, 1.165) is 0 Å². The molecule has 0 aliphatic carbocycles. The molecule has 0 unspecified atom stereocenters. The summed E-state index contributed by atoms with van der Waals surface area (Å²) in [5.74, 6) is -0.445. The van der Waals surface area contributed by atoms with E-state index >= 15 is 0 Å². The minimum absolute atomic E-state index is 0.0309. The second kappa shape index (κ2) is 5.75. The van der Waals surface area contributed by atoms with Crippen LogP contribution in [0.25, 0.3) is 0 Å². The Bertz CT molecular complexity index is 337. The zero-order chi connectivity index (χ0) is 13.1. The molecular formula is C9H15ClF3NO2S. The van der Waals surface area contributed by atoms with Gasteiger partial charge in [0.05, 0.1) is 5.75 Å². The highest BCUT2D eigenvalue weighted by Gasteiger charge is 2.30. The standard InChI is InChI=1S/C9H15ClF3NO2S/c10-8-2-5-14(6-3-8)17(15,16)7-1-4-9(11,12)13/h8H,1-7H2. The number of alkyl halides is 4. The van der Waals surface area contributed by atoms with Crippen molar-refractivity contribution in [2.24, 2.45) is 0 Å². The maximum Gasteiger partial charge on any atom is 0.389 e. The molecule has 1 rings (SSSR count). The summed E-state index contributed by atoms with van der Waals surface area (Å²) < 4.78 is 60.3. The molecule has 8 heteroatoms. The second-order valence-corrected chi connectivity index (χ2v) is 6.81. The van der Waals surface area contributed by atoms with Gasteiger partial charge in [-0.05, 0) is 19.3 Å². The van der Waals surface area contributed by atoms with Crippen LogP contribution >= 0.6 is 11.6 Å². The summed E-state index contributed by atoms with van der Waals surface area (Å²) in [7, 11) is -3.55. The molecule has 102 valence electrons. The van der Waals surface area contributed by atoms with Crippen LogP contribution in [0.1, 0.15) is 25.7 Å². The van der Waals surface area contributed by atoms with Crippen molar-refractivity contribution in [1.29, 1.82) is 0 Å². The summed E-state index contributed by atoms with van der Waals surface area (Å²) in [4.78, 5) is 0. The van der Waals surface area contributed by atoms with E-state index < -0.39 is 28.4 Å². The van der Waals surface area contributed by atoms with Crippen molar-refractivity contribution in [3.05, 3.63) is 0 Å². The zero-order valence-electron chi connectivity index (χ0n) is 9.21. The first-order valence-corrected chi connectivity index (χ1v) is 7.44. The Morgan fingerprint density at radius 3 is 2.24 bits per heavy atom. The molecule has 0 aromatic heterocycles. The highest BCUT2D eigenvalue weighted by Crippen LogP contribution is 2.23. The van der Waals surface area contributed by atoms with Crippen molar-refractivity contribution < 1.29 is 21.6 Å². The van der Waals surface area contributed by atoms with E-state index in [4.69, 9.17) is 11.6 Å². The number of hydrogen-bond acceptors (Lipinski definition) is 2. The summed E-state index contributed by atoms with van der Waals surface area (Å²) in [6.45, 7) is 0.616. The summed E-state index contributed by atoms with van der Waals surface area (Å²) in [6, 6.07) is 0. The molecule has 0 aromatic rings. The molecule has 0 aromatic carbocycles. The fourth-order valence-electron chi connectivity index (χ4n) is 1.69. The molecule has 17 heavy (non-hydrogen) atoms. The van der Waals surface area contributed by atoms with Gasteiger partial charge in [0.25, 0.3) is 0 Å². The molecule has 0 bridgehead atoms. The average Bonchev–Trinajstić information content (AvgIpc) is 2.15. The van der Waals surface area contributed by atoms with Gasteiger partial charge in [-0.1, -0.05) is 0 Å². The Hall–Kier alpha value is -0.0100. The Morgan fingerprint density at radius 2 is 1.76 bits per heavy atom. The van der Waals surface area contributed by atoms with E-state index in [1.165, 1.54) is 4.31 Å². The fraction of sp³-hybridized carbons (Fsp3) is 1.00.